The molecule has 1 aliphatic heterocycles. The molecule has 0 radical (unpaired) electrons. The van der Waals surface area contributed by atoms with Crippen LogP contribution in [0.2, 0.25) is 0 Å². The number of aryl methyl sites for hydroxylation is 1. The Morgan fingerprint density at radius 2 is 2.00 bits per heavy atom. The van der Waals surface area contributed by atoms with Crippen LogP contribution in [0.15, 0.2) is 42.6 Å². The zero-order valence-electron chi connectivity index (χ0n) is 15.0. The quantitative estimate of drug-likeness (QED) is 0.776. The zero-order chi connectivity index (χ0) is 18.3. The van der Waals surface area contributed by atoms with Crippen molar-refractivity contribution in [1.29, 1.82) is 0 Å². The molecule has 0 spiro atoms. The molecule has 1 aliphatic rings. The van der Waals surface area contributed by atoms with Crippen LogP contribution in [0.3, 0.4) is 0 Å². The fraction of sp³-hybridized carbons (Fsp3) is 0.238. The van der Waals surface area contributed by atoms with Crippen LogP contribution in [-0.2, 0) is 4.79 Å². The van der Waals surface area contributed by atoms with E-state index in [0.717, 1.165) is 33.3 Å². The lowest BCUT2D eigenvalue weighted by Gasteiger charge is -2.29. The molecule has 4 rings (SSSR count). The van der Waals surface area contributed by atoms with Crippen molar-refractivity contribution in [3.05, 3.63) is 59.3 Å². The van der Waals surface area contributed by atoms with Crippen molar-refractivity contribution >= 4 is 22.5 Å². The van der Waals surface area contributed by atoms with Gasteiger partial charge in [0.2, 0.25) is 5.91 Å². The third-order valence-electron chi connectivity index (χ3n) is 4.96. The van der Waals surface area contributed by atoms with Gasteiger partial charge in [-0.15, -0.1) is 0 Å². The Hall–Kier alpha value is -3.08. The van der Waals surface area contributed by atoms with Gasteiger partial charge in [-0.05, 0) is 24.1 Å². The van der Waals surface area contributed by atoms with E-state index in [9.17, 15) is 4.79 Å². The van der Waals surface area contributed by atoms with Crippen molar-refractivity contribution in [3.63, 3.8) is 0 Å². The normalized spacial score (nSPS) is 16.1. The number of benzene rings is 2. The highest BCUT2D eigenvalue weighted by atomic mass is 16.5. The summed E-state index contributed by atoms with van der Waals surface area (Å²) in [6, 6.07) is 11.9. The van der Waals surface area contributed by atoms with E-state index < -0.39 is 0 Å². The summed E-state index contributed by atoms with van der Waals surface area (Å²) in [5, 5.41) is 4.02. The van der Waals surface area contributed by atoms with Crippen LogP contribution in [0.1, 0.15) is 29.0 Å². The maximum atomic E-state index is 12.4. The molecule has 3 aromatic rings. The number of rotatable bonds is 3. The molecule has 1 atom stereocenters. The molecular weight excluding hydrogens is 328 g/mol. The van der Waals surface area contributed by atoms with Gasteiger partial charge in [-0.3, -0.25) is 9.78 Å². The van der Waals surface area contributed by atoms with E-state index in [-0.39, 0.29) is 11.8 Å². The molecule has 1 aromatic heterocycles. The predicted molar refractivity (Wildman–Crippen MR) is 101 cm³/mol. The number of aromatic nitrogens is 1. The molecule has 0 saturated heterocycles. The van der Waals surface area contributed by atoms with Crippen molar-refractivity contribution in [2.75, 3.05) is 19.5 Å². The predicted octanol–water partition coefficient (Wildman–Crippen LogP) is 4.03. The lowest BCUT2D eigenvalue weighted by Crippen LogP contribution is -2.24. The first kappa shape index (κ1) is 16.4. The summed E-state index contributed by atoms with van der Waals surface area (Å²) in [6.07, 6.45) is 2.16. The van der Waals surface area contributed by atoms with Gasteiger partial charge in [-0.2, -0.15) is 0 Å². The number of ether oxygens (including phenoxy) is 2. The lowest BCUT2D eigenvalue weighted by molar-refractivity contribution is -0.116. The number of pyridine rings is 1. The Bertz CT molecular complexity index is 1010. The number of fused-ring (bicyclic) bond motifs is 2. The second-order valence-corrected chi connectivity index (χ2v) is 6.47. The Balaban J connectivity index is 1.98. The van der Waals surface area contributed by atoms with Gasteiger partial charge < -0.3 is 14.8 Å². The average molecular weight is 348 g/mol. The van der Waals surface area contributed by atoms with Crippen molar-refractivity contribution in [1.82, 2.24) is 4.98 Å². The van der Waals surface area contributed by atoms with Gasteiger partial charge in [-0.25, -0.2) is 0 Å². The summed E-state index contributed by atoms with van der Waals surface area (Å²) in [6.45, 7) is 2.05. The first-order valence-corrected chi connectivity index (χ1v) is 8.52. The fourth-order valence-corrected chi connectivity index (χ4v) is 3.74. The number of carbonyl (C=O) groups is 1. The average Bonchev–Trinajstić information content (AvgIpc) is 2.66. The van der Waals surface area contributed by atoms with Crippen molar-refractivity contribution in [2.45, 2.75) is 19.3 Å². The van der Waals surface area contributed by atoms with Gasteiger partial charge in [0.1, 0.15) is 11.5 Å². The van der Waals surface area contributed by atoms with Crippen LogP contribution >= 0.6 is 0 Å². The van der Waals surface area contributed by atoms with Gasteiger partial charge in [0.05, 0.1) is 25.4 Å². The second-order valence-electron chi connectivity index (χ2n) is 6.47. The fourth-order valence-electron chi connectivity index (χ4n) is 3.74. The highest BCUT2D eigenvalue weighted by Gasteiger charge is 2.31. The minimum Gasteiger partial charge on any atom is -0.497 e. The van der Waals surface area contributed by atoms with Gasteiger partial charge in [0, 0.05) is 41.6 Å². The largest absolute Gasteiger partial charge is 0.497 e. The molecule has 1 unspecified atom stereocenters. The van der Waals surface area contributed by atoms with E-state index in [1.807, 2.05) is 25.1 Å². The van der Waals surface area contributed by atoms with Gasteiger partial charge in [-0.1, -0.05) is 18.2 Å². The number of carbonyl (C=O) groups excluding carboxylic acids is 1. The number of hydrogen-bond donors (Lipinski definition) is 1. The van der Waals surface area contributed by atoms with Crippen LogP contribution in [0.5, 0.6) is 11.5 Å². The third-order valence-corrected chi connectivity index (χ3v) is 4.96. The molecule has 0 saturated carbocycles. The Labute approximate surface area is 152 Å². The molecule has 132 valence electrons. The van der Waals surface area contributed by atoms with Crippen LogP contribution in [0.25, 0.3) is 10.9 Å². The van der Waals surface area contributed by atoms with Gasteiger partial charge in [0.25, 0.3) is 0 Å². The topological polar surface area (TPSA) is 60.5 Å². The SMILES string of the molecule is COc1cc2c(c(OC)c1)C(c1ccc(C)c3ncccc13)CC(=O)N2. The standard InChI is InChI=1S/C21H20N2O3/c1-12-6-7-14(15-5-4-8-22-21(12)15)16-11-19(24)23-17-9-13(25-2)10-18(26-3)20(16)17/h4-10,16H,11H2,1-3H3,(H,23,24). The first-order chi connectivity index (χ1) is 12.6. The number of nitrogens with zero attached hydrogens (tertiary/aromatic N) is 1. The van der Waals surface area contributed by atoms with E-state index >= 15 is 0 Å². The molecule has 2 aromatic carbocycles. The first-order valence-electron chi connectivity index (χ1n) is 8.52. The second kappa shape index (κ2) is 6.33. The maximum Gasteiger partial charge on any atom is 0.225 e. The molecule has 0 fully saturated rings. The molecule has 26 heavy (non-hydrogen) atoms. The van der Waals surface area contributed by atoms with Gasteiger partial charge in [0.15, 0.2) is 0 Å². The smallest absolute Gasteiger partial charge is 0.225 e. The zero-order valence-corrected chi connectivity index (χ0v) is 15.0. The highest BCUT2D eigenvalue weighted by Crippen LogP contribution is 2.46. The Morgan fingerprint density at radius 3 is 2.77 bits per heavy atom. The van der Waals surface area contributed by atoms with Crippen molar-refractivity contribution < 1.29 is 14.3 Å². The molecular formula is C21H20N2O3. The Kier molecular flexibility index (Phi) is 3.99. The summed E-state index contributed by atoms with van der Waals surface area (Å²) in [5.74, 6) is 1.24. The maximum absolute atomic E-state index is 12.4. The molecule has 5 nitrogen and oxygen atoms in total. The summed E-state index contributed by atoms with van der Waals surface area (Å²) in [7, 11) is 3.24. The molecule has 5 heteroatoms. The Morgan fingerprint density at radius 1 is 1.15 bits per heavy atom. The summed E-state index contributed by atoms with van der Waals surface area (Å²) >= 11 is 0. The van der Waals surface area contributed by atoms with Gasteiger partial charge >= 0.3 is 0 Å². The minimum absolute atomic E-state index is 0.0181. The molecule has 1 N–H and O–H groups in total. The number of hydrogen-bond acceptors (Lipinski definition) is 4. The van der Waals surface area contributed by atoms with E-state index in [0.29, 0.717) is 17.9 Å². The lowest BCUT2D eigenvalue weighted by atomic mass is 9.82. The molecule has 0 aliphatic carbocycles. The molecule has 0 bridgehead atoms. The van der Waals surface area contributed by atoms with E-state index in [1.165, 1.54) is 0 Å². The third kappa shape index (κ3) is 2.56. The molecule has 2 heterocycles. The van der Waals surface area contributed by atoms with E-state index in [1.54, 1.807) is 20.4 Å². The number of methoxy groups -OCH3 is 2. The van der Waals surface area contributed by atoms with Crippen LogP contribution in [0, 0.1) is 6.92 Å². The van der Waals surface area contributed by atoms with E-state index in [4.69, 9.17) is 9.47 Å². The number of amides is 1. The number of nitrogens with one attached hydrogen (secondary N) is 1. The van der Waals surface area contributed by atoms with Crippen LogP contribution in [0.4, 0.5) is 5.69 Å². The summed E-state index contributed by atoms with van der Waals surface area (Å²) < 4.78 is 11.0. The minimum atomic E-state index is -0.105. The highest BCUT2D eigenvalue weighted by molar-refractivity contribution is 5.98. The van der Waals surface area contributed by atoms with E-state index in [2.05, 4.69) is 28.5 Å². The monoisotopic (exact) mass is 348 g/mol. The number of anilines is 1. The van der Waals surface area contributed by atoms with Crippen LogP contribution < -0.4 is 14.8 Å². The van der Waals surface area contributed by atoms with Crippen molar-refractivity contribution in [2.24, 2.45) is 0 Å². The molecule has 1 amide bonds. The van der Waals surface area contributed by atoms with Crippen molar-refractivity contribution in [3.8, 4) is 11.5 Å². The summed E-state index contributed by atoms with van der Waals surface area (Å²) in [5.41, 5.74) is 4.87. The van der Waals surface area contributed by atoms with Crippen LogP contribution in [-0.4, -0.2) is 25.1 Å². The summed E-state index contributed by atoms with van der Waals surface area (Å²) in [4.78, 5) is 16.9.